The van der Waals surface area contributed by atoms with Crippen molar-refractivity contribution in [3.05, 3.63) is 54.4 Å². The molecule has 0 spiro atoms. The van der Waals surface area contributed by atoms with E-state index in [9.17, 15) is 9.59 Å². The van der Waals surface area contributed by atoms with Crippen molar-refractivity contribution in [2.75, 3.05) is 17.2 Å². The van der Waals surface area contributed by atoms with E-state index in [1.807, 2.05) is 6.07 Å². The van der Waals surface area contributed by atoms with Crippen molar-refractivity contribution in [3.8, 4) is 0 Å². The van der Waals surface area contributed by atoms with E-state index in [0.717, 1.165) is 0 Å². The van der Waals surface area contributed by atoms with Crippen molar-refractivity contribution in [2.24, 2.45) is 0 Å². The number of carboxylic acid groups (broad SMARTS) is 1. The van der Waals surface area contributed by atoms with Crippen LogP contribution in [0.4, 0.5) is 11.4 Å². The van der Waals surface area contributed by atoms with Crippen LogP contribution in [0.5, 0.6) is 0 Å². The van der Waals surface area contributed by atoms with Crippen LogP contribution in [0.25, 0.3) is 0 Å². The van der Waals surface area contributed by atoms with Gasteiger partial charge in [-0.3, -0.25) is 9.59 Å². The zero-order valence-corrected chi connectivity index (χ0v) is 11.3. The molecule has 2 aromatic rings. The zero-order chi connectivity index (χ0) is 15.2. The number of hydrogen-bond acceptors (Lipinski definition) is 4. The van der Waals surface area contributed by atoms with Gasteiger partial charge in [-0.1, -0.05) is 18.2 Å². The molecular formula is C15H15N3O3. The highest BCUT2D eigenvalue weighted by molar-refractivity contribution is 6.05. The maximum absolute atomic E-state index is 12.5. The second-order valence-corrected chi connectivity index (χ2v) is 4.41. The number of hydrogen-bond donors (Lipinski definition) is 2. The molecule has 0 bridgehead atoms. The Labute approximate surface area is 121 Å². The molecule has 0 radical (unpaired) electrons. The standard InChI is InChI=1S/C15H15N3O3/c16-11-6-7-13(17-10-11)15(21)18(9-8-14(19)20)12-4-2-1-3-5-12/h1-7,10H,8-9,16H2,(H,19,20). The second kappa shape index (κ2) is 6.51. The summed E-state index contributed by atoms with van der Waals surface area (Å²) in [5.41, 5.74) is 6.86. The van der Waals surface area contributed by atoms with Crippen LogP contribution < -0.4 is 10.6 Å². The SMILES string of the molecule is Nc1ccc(C(=O)N(CCC(=O)O)c2ccccc2)nc1. The number of aliphatic carboxylic acids is 1. The molecule has 1 heterocycles. The van der Waals surface area contributed by atoms with Crippen molar-refractivity contribution in [2.45, 2.75) is 6.42 Å². The molecule has 0 fully saturated rings. The second-order valence-electron chi connectivity index (χ2n) is 4.41. The Kier molecular flexibility index (Phi) is 4.50. The molecule has 0 unspecified atom stereocenters. The highest BCUT2D eigenvalue weighted by Gasteiger charge is 2.19. The van der Waals surface area contributed by atoms with Crippen molar-refractivity contribution in [1.82, 2.24) is 4.98 Å². The van der Waals surface area contributed by atoms with E-state index < -0.39 is 5.97 Å². The van der Waals surface area contributed by atoms with Crippen LogP contribution in [0, 0.1) is 0 Å². The molecule has 0 aliphatic rings. The average Bonchev–Trinajstić information content (AvgIpc) is 2.49. The molecule has 1 amide bonds. The van der Waals surface area contributed by atoms with Crippen molar-refractivity contribution in [3.63, 3.8) is 0 Å². The summed E-state index contributed by atoms with van der Waals surface area (Å²) in [6.07, 6.45) is 1.25. The summed E-state index contributed by atoms with van der Waals surface area (Å²) in [6, 6.07) is 12.0. The van der Waals surface area contributed by atoms with E-state index in [4.69, 9.17) is 10.8 Å². The van der Waals surface area contributed by atoms with Gasteiger partial charge in [0.1, 0.15) is 5.69 Å². The Hall–Kier alpha value is -2.89. The van der Waals surface area contributed by atoms with Crippen LogP contribution >= 0.6 is 0 Å². The molecule has 0 atom stereocenters. The lowest BCUT2D eigenvalue weighted by Crippen LogP contribution is -2.33. The minimum Gasteiger partial charge on any atom is -0.481 e. The number of rotatable bonds is 5. The first kappa shape index (κ1) is 14.5. The first-order valence-corrected chi connectivity index (χ1v) is 6.38. The molecule has 1 aromatic heterocycles. The Balaban J connectivity index is 2.28. The molecule has 6 nitrogen and oxygen atoms in total. The van der Waals surface area contributed by atoms with Gasteiger partial charge in [-0.2, -0.15) is 0 Å². The van der Waals surface area contributed by atoms with Crippen molar-refractivity contribution in [1.29, 1.82) is 0 Å². The van der Waals surface area contributed by atoms with Crippen molar-refractivity contribution < 1.29 is 14.7 Å². The number of nitrogens with two attached hydrogens (primary N) is 1. The predicted molar refractivity (Wildman–Crippen MR) is 79.0 cm³/mol. The van der Waals surface area contributed by atoms with Gasteiger partial charge in [-0.25, -0.2) is 4.98 Å². The fourth-order valence-electron chi connectivity index (χ4n) is 1.83. The van der Waals surface area contributed by atoms with Crippen LogP contribution in [-0.4, -0.2) is 28.5 Å². The molecule has 0 aliphatic carbocycles. The first-order valence-electron chi connectivity index (χ1n) is 6.38. The number of aromatic nitrogens is 1. The lowest BCUT2D eigenvalue weighted by molar-refractivity contribution is -0.136. The minimum atomic E-state index is -0.964. The Morgan fingerprint density at radius 3 is 2.43 bits per heavy atom. The number of carbonyl (C=O) groups excluding carboxylic acids is 1. The van der Waals surface area contributed by atoms with Gasteiger partial charge in [0.2, 0.25) is 0 Å². The molecule has 0 saturated heterocycles. The smallest absolute Gasteiger partial charge is 0.305 e. The topological polar surface area (TPSA) is 96.5 Å². The van der Waals surface area contributed by atoms with Crippen molar-refractivity contribution >= 4 is 23.3 Å². The fraction of sp³-hybridized carbons (Fsp3) is 0.133. The highest BCUT2D eigenvalue weighted by Crippen LogP contribution is 2.17. The lowest BCUT2D eigenvalue weighted by atomic mass is 10.2. The van der Waals surface area contributed by atoms with Gasteiger partial charge in [-0.05, 0) is 24.3 Å². The van der Waals surface area contributed by atoms with Gasteiger partial charge >= 0.3 is 5.97 Å². The summed E-state index contributed by atoms with van der Waals surface area (Å²) in [4.78, 5) is 28.7. The summed E-state index contributed by atoms with van der Waals surface area (Å²) in [5.74, 6) is -1.32. The molecule has 108 valence electrons. The average molecular weight is 285 g/mol. The Bertz CT molecular complexity index is 626. The molecule has 6 heteroatoms. The van der Waals surface area contributed by atoms with E-state index in [2.05, 4.69) is 4.98 Å². The lowest BCUT2D eigenvalue weighted by Gasteiger charge is -2.21. The third-order valence-electron chi connectivity index (χ3n) is 2.87. The zero-order valence-electron chi connectivity index (χ0n) is 11.3. The Morgan fingerprint density at radius 1 is 1.14 bits per heavy atom. The summed E-state index contributed by atoms with van der Waals surface area (Å²) < 4.78 is 0. The quantitative estimate of drug-likeness (QED) is 0.873. The molecule has 21 heavy (non-hydrogen) atoms. The molecule has 3 N–H and O–H groups in total. The molecule has 2 rings (SSSR count). The van der Waals surface area contributed by atoms with Crippen LogP contribution in [0.15, 0.2) is 48.7 Å². The van der Waals surface area contributed by atoms with Crippen LogP contribution in [0.3, 0.4) is 0 Å². The molecular weight excluding hydrogens is 270 g/mol. The Morgan fingerprint density at radius 2 is 1.86 bits per heavy atom. The number of para-hydroxylation sites is 1. The van der Waals surface area contributed by atoms with Crippen LogP contribution in [0.2, 0.25) is 0 Å². The number of amides is 1. The normalized spacial score (nSPS) is 10.1. The maximum atomic E-state index is 12.5. The first-order chi connectivity index (χ1) is 10.1. The van der Waals surface area contributed by atoms with Gasteiger partial charge in [0.15, 0.2) is 0 Å². The third-order valence-corrected chi connectivity index (χ3v) is 2.87. The number of carbonyl (C=O) groups is 2. The van der Waals surface area contributed by atoms with E-state index in [1.165, 1.54) is 17.2 Å². The summed E-state index contributed by atoms with van der Waals surface area (Å²) in [7, 11) is 0. The fourth-order valence-corrected chi connectivity index (χ4v) is 1.83. The van der Waals surface area contributed by atoms with Gasteiger partial charge < -0.3 is 15.7 Å². The summed E-state index contributed by atoms with van der Waals surface area (Å²) in [5, 5.41) is 8.83. The molecule has 0 aliphatic heterocycles. The summed E-state index contributed by atoms with van der Waals surface area (Å²) in [6.45, 7) is 0.0736. The van der Waals surface area contributed by atoms with Gasteiger partial charge in [-0.15, -0.1) is 0 Å². The predicted octanol–water partition coefficient (Wildman–Crippen LogP) is 1.79. The number of anilines is 2. The number of nitrogen functional groups attached to an aromatic ring is 1. The monoisotopic (exact) mass is 285 g/mol. The number of carboxylic acids is 1. The largest absolute Gasteiger partial charge is 0.481 e. The molecule has 1 aromatic carbocycles. The van der Waals surface area contributed by atoms with E-state index in [1.54, 1.807) is 30.3 Å². The summed E-state index contributed by atoms with van der Waals surface area (Å²) >= 11 is 0. The number of pyridine rings is 1. The maximum Gasteiger partial charge on any atom is 0.305 e. The van der Waals surface area contributed by atoms with Crippen LogP contribution in [0.1, 0.15) is 16.9 Å². The number of nitrogens with zero attached hydrogens (tertiary/aromatic N) is 2. The third kappa shape index (κ3) is 3.79. The van der Waals surface area contributed by atoms with Gasteiger partial charge in [0.05, 0.1) is 18.3 Å². The van der Waals surface area contributed by atoms with E-state index in [0.29, 0.717) is 11.4 Å². The minimum absolute atomic E-state index is 0.0736. The van der Waals surface area contributed by atoms with Gasteiger partial charge in [0.25, 0.3) is 5.91 Å². The number of benzene rings is 1. The van der Waals surface area contributed by atoms with E-state index >= 15 is 0 Å². The highest BCUT2D eigenvalue weighted by atomic mass is 16.4. The molecule has 0 saturated carbocycles. The van der Waals surface area contributed by atoms with Gasteiger partial charge in [0, 0.05) is 12.2 Å². The van der Waals surface area contributed by atoms with Crippen LogP contribution in [-0.2, 0) is 4.79 Å². The van der Waals surface area contributed by atoms with E-state index in [-0.39, 0.29) is 24.6 Å².